The molecule has 1 unspecified atom stereocenters. The van der Waals surface area contributed by atoms with E-state index in [-0.39, 0.29) is 0 Å². The van der Waals surface area contributed by atoms with Crippen LogP contribution in [-0.4, -0.2) is 0 Å². The summed E-state index contributed by atoms with van der Waals surface area (Å²) in [5.74, 6) is 2.21. The number of hydrogen-bond acceptors (Lipinski definition) is 0. The Bertz CT molecular complexity index is 285. The van der Waals surface area contributed by atoms with Crippen LogP contribution < -0.4 is 0 Å². The minimum atomic E-state index is 0.710. The number of hydrogen-bond donors (Lipinski definition) is 0. The first-order valence-corrected chi connectivity index (χ1v) is 6.84. The monoisotopic (exact) mass is 316 g/mol. The molecular formula is C14H21I. The van der Waals surface area contributed by atoms with Gasteiger partial charge in [-0.1, -0.05) is 39.8 Å². The summed E-state index contributed by atoms with van der Waals surface area (Å²) in [5.41, 5.74) is 1.50. The highest BCUT2D eigenvalue weighted by Crippen LogP contribution is 2.31. The van der Waals surface area contributed by atoms with Crippen LogP contribution in [0.2, 0.25) is 0 Å². The van der Waals surface area contributed by atoms with E-state index < -0.39 is 0 Å². The van der Waals surface area contributed by atoms with Crippen LogP contribution in [0.3, 0.4) is 0 Å². The van der Waals surface area contributed by atoms with E-state index >= 15 is 0 Å². The van der Waals surface area contributed by atoms with Crippen molar-refractivity contribution in [2.75, 3.05) is 0 Å². The first kappa shape index (κ1) is 13.0. The minimum Gasteiger partial charge on any atom is -0.0628 e. The Labute approximate surface area is 108 Å². The maximum absolute atomic E-state index is 2.36. The van der Waals surface area contributed by atoms with Crippen molar-refractivity contribution in [3.05, 3.63) is 33.4 Å². The van der Waals surface area contributed by atoms with Crippen LogP contribution in [0.25, 0.3) is 0 Å². The average Bonchev–Trinajstić information content (AvgIpc) is 2.15. The second-order valence-corrected chi connectivity index (χ2v) is 6.28. The zero-order valence-electron chi connectivity index (χ0n) is 10.1. The Kier molecular flexibility index (Phi) is 5.10. The predicted octanol–water partition coefficient (Wildman–Crippen LogP) is 5.08. The lowest BCUT2D eigenvalue weighted by Crippen LogP contribution is -2.09. The Morgan fingerprint density at radius 2 is 1.53 bits per heavy atom. The molecule has 1 heteroatoms. The van der Waals surface area contributed by atoms with E-state index in [1.807, 2.05) is 0 Å². The SMILES string of the molecule is CC(C)CC(c1ccc(I)cc1)C(C)C. The Morgan fingerprint density at radius 1 is 1.00 bits per heavy atom. The Balaban J connectivity index is 2.84. The lowest BCUT2D eigenvalue weighted by molar-refractivity contribution is 0.408. The van der Waals surface area contributed by atoms with Gasteiger partial charge >= 0.3 is 0 Å². The molecule has 1 rings (SSSR count). The first-order chi connectivity index (χ1) is 7.00. The zero-order chi connectivity index (χ0) is 11.4. The maximum Gasteiger partial charge on any atom is 0.0130 e. The van der Waals surface area contributed by atoms with E-state index in [1.165, 1.54) is 15.6 Å². The molecule has 0 saturated carbocycles. The van der Waals surface area contributed by atoms with Crippen LogP contribution in [0.5, 0.6) is 0 Å². The molecule has 0 aliphatic rings. The van der Waals surface area contributed by atoms with Crippen molar-refractivity contribution in [3.63, 3.8) is 0 Å². The molecule has 0 saturated heterocycles. The van der Waals surface area contributed by atoms with Crippen molar-refractivity contribution in [1.29, 1.82) is 0 Å². The van der Waals surface area contributed by atoms with E-state index in [4.69, 9.17) is 0 Å². The molecule has 0 spiro atoms. The van der Waals surface area contributed by atoms with Gasteiger partial charge in [-0.2, -0.15) is 0 Å². The number of benzene rings is 1. The minimum absolute atomic E-state index is 0.710. The van der Waals surface area contributed by atoms with Gasteiger partial charge in [0.05, 0.1) is 0 Å². The zero-order valence-corrected chi connectivity index (χ0v) is 12.3. The smallest absolute Gasteiger partial charge is 0.0130 e. The van der Waals surface area contributed by atoms with Crippen molar-refractivity contribution >= 4 is 22.6 Å². The van der Waals surface area contributed by atoms with Crippen molar-refractivity contribution in [1.82, 2.24) is 0 Å². The summed E-state index contributed by atoms with van der Waals surface area (Å²) in [4.78, 5) is 0. The molecule has 0 heterocycles. The molecule has 0 fully saturated rings. The largest absolute Gasteiger partial charge is 0.0628 e. The molecule has 0 amide bonds. The predicted molar refractivity (Wildman–Crippen MR) is 76.2 cm³/mol. The summed E-state index contributed by atoms with van der Waals surface area (Å²) in [6.07, 6.45) is 1.29. The molecule has 15 heavy (non-hydrogen) atoms. The van der Waals surface area contributed by atoms with Gasteiger partial charge in [0.2, 0.25) is 0 Å². The molecule has 84 valence electrons. The van der Waals surface area contributed by atoms with Gasteiger partial charge in [0.1, 0.15) is 0 Å². The molecule has 0 radical (unpaired) electrons. The fourth-order valence-electron chi connectivity index (χ4n) is 2.01. The Morgan fingerprint density at radius 3 is 1.93 bits per heavy atom. The summed E-state index contributed by atoms with van der Waals surface area (Å²) < 4.78 is 1.32. The third-order valence-electron chi connectivity index (χ3n) is 2.83. The highest BCUT2D eigenvalue weighted by Gasteiger charge is 2.16. The van der Waals surface area contributed by atoms with Gasteiger partial charge < -0.3 is 0 Å². The second-order valence-electron chi connectivity index (χ2n) is 5.03. The molecule has 0 aliphatic carbocycles. The molecule has 0 bridgehead atoms. The summed E-state index contributed by atoms with van der Waals surface area (Å²) in [7, 11) is 0. The van der Waals surface area contributed by atoms with E-state index in [2.05, 4.69) is 74.6 Å². The van der Waals surface area contributed by atoms with Gasteiger partial charge in [0.15, 0.2) is 0 Å². The first-order valence-electron chi connectivity index (χ1n) is 5.76. The summed E-state index contributed by atoms with van der Waals surface area (Å²) in [6, 6.07) is 9.00. The lowest BCUT2D eigenvalue weighted by atomic mass is 9.82. The average molecular weight is 316 g/mol. The number of halogens is 1. The van der Waals surface area contributed by atoms with Crippen LogP contribution in [0.4, 0.5) is 0 Å². The summed E-state index contributed by atoms with van der Waals surface area (Å²) >= 11 is 2.36. The van der Waals surface area contributed by atoms with Crippen molar-refractivity contribution in [3.8, 4) is 0 Å². The molecular weight excluding hydrogens is 295 g/mol. The maximum atomic E-state index is 2.36. The van der Waals surface area contributed by atoms with Gasteiger partial charge in [0, 0.05) is 3.57 Å². The van der Waals surface area contributed by atoms with Crippen LogP contribution in [0, 0.1) is 15.4 Å². The standard InChI is InChI=1S/C14H21I/c1-10(2)9-14(11(3)4)12-5-7-13(15)8-6-12/h5-8,10-11,14H,9H2,1-4H3. The molecule has 1 aromatic carbocycles. The van der Waals surface area contributed by atoms with Crippen molar-refractivity contribution in [2.24, 2.45) is 11.8 Å². The third-order valence-corrected chi connectivity index (χ3v) is 3.55. The van der Waals surface area contributed by atoms with Gasteiger partial charge in [-0.25, -0.2) is 0 Å². The van der Waals surface area contributed by atoms with Crippen LogP contribution in [0.1, 0.15) is 45.6 Å². The molecule has 0 aliphatic heterocycles. The Hall–Kier alpha value is -0.0500. The van der Waals surface area contributed by atoms with Crippen molar-refractivity contribution in [2.45, 2.75) is 40.0 Å². The number of rotatable bonds is 4. The molecule has 0 nitrogen and oxygen atoms in total. The lowest BCUT2D eigenvalue weighted by Gasteiger charge is -2.23. The second kappa shape index (κ2) is 5.88. The normalized spacial score (nSPS) is 13.5. The van der Waals surface area contributed by atoms with E-state index in [9.17, 15) is 0 Å². The third kappa shape index (κ3) is 4.13. The molecule has 0 N–H and O–H groups in total. The van der Waals surface area contributed by atoms with Gasteiger partial charge in [-0.3, -0.25) is 0 Å². The van der Waals surface area contributed by atoms with Crippen molar-refractivity contribution < 1.29 is 0 Å². The van der Waals surface area contributed by atoms with Gasteiger partial charge in [0.25, 0.3) is 0 Å². The van der Waals surface area contributed by atoms with E-state index in [0.29, 0.717) is 5.92 Å². The topological polar surface area (TPSA) is 0 Å². The van der Waals surface area contributed by atoms with E-state index in [0.717, 1.165) is 11.8 Å². The fraction of sp³-hybridized carbons (Fsp3) is 0.571. The molecule has 1 atom stereocenters. The van der Waals surface area contributed by atoms with E-state index in [1.54, 1.807) is 0 Å². The van der Waals surface area contributed by atoms with Gasteiger partial charge in [-0.15, -0.1) is 0 Å². The van der Waals surface area contributed by atoms with Crippen LogP contribution in [0.15, 0.2) is 24.3 Å². The molecule has 0 aromatic heterocycles. The van der Waals surface area contributed by atoms with Crippen LogP contribution in [-0.2, 0) is 0 Å². The molecule has 1 aromatic rings. The van der Waals surface area contributed by atoms with Crippen LogP contribution >= 0.6 is 22.6 Å². The quantitative estimate of drug-likeness (QED) is 0.680. The highest BCUT2D eigenvalue weighted by atomic mass is 127. The fourth-order valence-corrected chi connectivity index (χ4v) is 2.37. The highest BCUT2D eigenvalue weighted by molar-refractivity contribution is 14.1. The summed E-state index contributed by atoms with van der Waals surface area (Å²) in [6.45, 7) is 9.26. The van der Waals surface area contributed by atoms with Gasteiger partial charge in [-0.05, 0) is 64.5 Å². The summed E-state index contributed by atoms with van der Waals surface area (Å²) in [5, 5.41) is 0.